The van der Waals surface area contributed by atoms with Crippen LogP contribution in [0.3, 0.4) is 0 Å². The number of ether oxygens (including phenoxy) is 1. The van der Waals surface area contributed by atoms with Gasteiger partial charge in [-0.3, -0.25) is 10.1 Å². The third kappa shape index (κ3) is 3.86. The van der Waals surface area contributed by atoms with Gasteiger partial charge in [0.2, 0.25) is 34.5 Å². The van der Waals surface area contributed by atoms with Crippen molar-refractivity contribution in [2.45, 2.75) is 12.8 Å². The average molecular weight is 464 g/mol. The summed E-state index contributed by atoms with van der Waals surface area (Å²) in [6.45, 7) is 1.39. The molecule has 0 saturated carbocycles. The second kappa shape index (κ2) is 7.77. The first kappa shape index (κ1) is 23.0. The monoisotopic (exact) mass is 464 g/mol. The maximum Gasteiger partial charge on any atom is 0.387 e. The molecule has 0 bridgehead atoms. The molecule has 0 aliphatic heterocycles. The Labute approximate surface area is 182 Å². The van der Waals surface area contributed by atoms with E-state index in [0.717, 1.165) is 0 Å². The number of aromatic hydroxyl groups is 6. The van der Waals surface area contributed by atoms with E-state index in [1.807, 2.05) is 0 Å². The SMILES string of the molecule is Cc1nc(C(=O)NC(O)(O)C(=O)O)c(O)c2ccc(Oc3c(O)c(O)c(O)c(O)c3O)cc12. The molecule has 1 amide bonds. The van der Waals surface area contributed by atoms with Gasteiger partial charge in [-0.1, -0.05) is 0 Å². The van der Waals surface area contributed by atoms with Crippen LogP contribution >= 0.6 is 0 Å². The van der Waals surface area contributed by atoms with Gasteiger partial charge in [0.25, 0.3) is 5.91 Å². The molecule has 0 saturated heterocycles. The first-order valence-electron chi connectivity index (χ1n) is 8.76. The van der Waals surface area contributed by atoms with Gasteiger partial charge in [0.05, 0.1) is 0 Å². The van der Waals surface area contributed by atoms with E-state index in [1.54, 1.807) is 0 Å². The van der Waals surface area contributed by atoms with Gasteiger partial charge >= 0.3 is 11.9 Å². The highest BCUT2D eigenvalue weighted by Gasteiger charge is 2.37. The number of hydrogen-bond donors (Lipinski definition) is 10. The third-order valence-electron chi connectivity index (χ3n) is 4.49. The lowest BCUT2D eigenvalue weighted by Gasteiger charge is -2.18. The molecule has 0 radical (unpaired) electrons. The van der Waals surface area contributed by atoms with Crippen molar-refractivity contribution in [1.82, 2.24) is 10.3 Å². The van der Waals surface area contributed by atoms with Crippen LogP contribution in [0.4, 0.5) is 0 Å². The molecule has 3 aromatic rings. The Morgan fingerprint density at radius 2 is 1.42 bits per heavy atom. The van der Waals surface area contributed by atoms with Crippen molar-refractivity contribution in [2.75, 3.05) is 0 Å². The predicted octanol–water partition coefficient (Wildman–Crippen LogP) is 0.0219. The van der Waals surface area contributed by atoms with E-state index in [9.17, 15) is 50.4 Å². The minimum absolute atomic E-state index is 0.00153. The van der Waals surface area contributed by atoms with Gasteiger partial charge in [-0.15, -0.1) is 0 Å². The molecule has 0 aliphatic carbocycles. The number of carboxylic acids is 1. The first-order valence-corrected chi connectivity index (χ1v) is 8.76. The highest BCUT2D eigenvalue weighted by molar-refractivity contribution is 6.03. The number of aromatic nitrogens is 1. The van der Waals surface area contributed by atoms with Crippen LogP contribution in [-0.2, 0) is 4.79 Å². The Morgan fingerprint density at radius 1 is 0.879 bits per heavy atom. The van der Waals surface area contributed by atoms with Gasteiger partial charge in [-0.25, -0.2) is 9.78 Å². The van der Waals surface area contributed by atoms with Crippen LogP contribution in [-0.4, -0.2) is 68.7 Å². The number of nitrogens with zero attached hydrogens (tertiary/aromatic N) is 1. The van der Waals surface area contributed by atoms with Crippen molar-refractivity contribution in [2.24, 2.45) is 0 Å². The number of carbonyl (C=O) groups excluding carboxylic acids is 1. The summed E-state index contributed by atoms with van der Waals surface area (Å²) in [4.78, 5) is 26.8. The van der Waals surface area contributed by atoms with Crippen LogP contribution in [0, 0.1) is 6.92 Å². The molecular weight excluding hydrogens is 448 g/mol. The average Bonchev–Trinajstić information content (AvgIpc) is 2.75. The van der Waals surface area contributed by atoms with Crippen LogP contribution in [0.1, 0.15) is 16.2 Å². The second-order valence-corrected chi connectivity index (χ2v) is 6.71. The van der Waals surface area contributed by atoms with Crippen molar-refractivity contribution in [1.29, 1.82) is 0 Å². The van der Waals surface area contributed by atoms with Crippen LogP contribution in [0.15, 0.2) is 18.2 Å². The fraction of sp³-hybridized carbons (Fsp3) is 0.105. The maximum absolute atomic E-state index is 12.2. The zero-order valence-electron chi connectivity index (χ0n) is 16.4. The van der Waals surface area contributed by atoms with Crippen molar-refractivity contribution < 1.29 is 60.3 Å². The van der Waals surface area contributed by atoms with Crippen LogP contribution in [0.2, 0.25) is 0 Å². The zero-order chi connectivity index (χ0) is 24.8. The van der Waals surface area contributed by atoms with Gasteiger partial charge in [-0.2, -0.15) is 0 Å². The van der Waals surface area contributed by atoms with Gasteiger partial charge in [0.1, 0.15) is 5.75 Å². The Kier molecular flexibility index (Phi) is 5.41. The Bertz CT molecular complexity index is 1290. The van der Waals surface area contributed by atoms with Gasteiger partial charge in [0.15, 0.2) is 11.4 Å². The number of carbonyl (C=O) groups is 2. The van der Waals surface area contributed by atoms with Crippen LogP contribution in [0.5, 0.6) is 46.0 Å². The summed E-state index contributed by atoms with van der Waals surface area (Å²) in [6, 6.07) is 3.63. The number of phenols is 5. The summed E-state index contributed by atoms with van der Waals surface area (Å²) in [5, 5.41) is 87.7. The molecule has 0 unspecified atom stereocenters. The molecule has 14 heteroatoms. The van der Waals surface area contributed by atoms with E-state index in [2.05, 4.69) is 4.98 Å². The first-order chi connectivity index (χ1) is 15.3. The van der Waals surface area contributed by atoms with E-state index in [4.69, 9.17) is 9.84 Å². The Morgan fingerprint density at radius 3 is 1.97 bits per heavy atom. The smallest absolute Gasteiger partial charge is 0.387 e. The fourth-order valence-electron chi connectivity index (χ4n) is 2.81. The quantitative estimate of drug-likeness (QED) is 0.136. The van der Waals surface area contributed by atoms with Gasteiger partial charge in [0, 0.05) is 16.5 Å². The van der Waals surface area contributed by atoms with Crippen LogP contribution in [0.25, 0.3) is 10.8 Å². The number of carboxylic acid groups (broad SMARTS) is 1. The number of fused-ring (bicyclic) bond motifs is 1. The van der Waals surface area contributed by atoms with Crippen LogP contribution < -0.4 is 10.1 Å². The largest absolute Gasteiger partial charge is 0.505 e. The summed E-state index contributed by atoms with van der Waals surface area (Å²) >= 11 is 0. The maximum atomic E-state index is 12.2. The third-order valence-corrected chi connectivity index (χ3v) is 4.49. The predicted molar refractivity (Wildman–Crippen MR) is 105 cm³/mol. The number of phenolic OH excluding ortho intramolecular Hbond substituents is 5. The van der Waals surface area contributed by atoms with Crippen molar-refractivity contribution >= 4 is 22.6 Å². The molecule has 174 valence electrons. The van der Waals surface area contributed by atoms with Gasteiger partial charge < -0.3 is 50.7 Å². The molecule has 2 aromatic carbocycles. The van der Waals surface area contributed by atoms with Gasteiger partial charge in [-0.05, 0) is 25.1 Å². The summed E-state index contributed by atoms with van der Waals surface area (Å²) in [5.74, 6) is -14.5. The number of pyridine rings is 1. The molecule has 33 heavy (non-hydrogen) atoms. The van der Waals surface area contributed by atoms with E-state index >= 15 is 0 Å². The Balaban J connectivity index is 2.05. The molecule has 14 nitrogen and oxygen atoms in total. The molecular formula is C19H16N2O12. The number of nitrogens with one attached hydrogen (secondary N) is 1. The lowest BCUT2D eigenvalue weighted by molar-refractivity contribution is -0.210. The number of aryl methyl sites for hydroxylation is 1. The minimum atomic E-state index is -3.61. The van der Waals surface area contributed by atoms with Crippen molar-refractivity contribution in [3.05, 3.63) is 29.6 Å². The van der Waals surface area contributed by atoms with E-state index < -0.39 is 63.7 Å². The van der Waals surface area contributed by atoms with E-state index in [-0.39, 0.29) is 22.2 Å². The molecule has 10 N–H and O–H groups in total. The van der Waals surface area contributed by atoms with E-state index in [0.29, 0.717) is 0 Å². The molecule has 3 rings (SSSR count). The lowest BCUT2D eigenvalue weighted by atomic mass is 10.1. The summed E-state index contributed by atoms with van der Waals surface area (Å²) < 4.78 is 5.28. The number of rotatable bonds is 5. The summed E-state index contributed by atoms with van der Waals surface area (Å²) in [5.41, 5.74) is -0.633. The zero-order valence-corrected chi connectivity index (χ0v) is 16.4. The topological polar surface area (TPSA) is 250 Å². The Hall–Kier alpha value is -4.69. The minimum Gasteiger partial charge on any atom is -0.505 e. The normalized spacial score (nSPS) is 11.4. The molecule has 0 atom stereocenters. The number of aliphatic carboxylic acids is 1. The highest BCUT2D eigenvalue weighted by atomic mass is 16.6. The summed E-state index contributed by atoms with van der Waals surface area (Å²) in [6.07, 6.45) is 0. The lowest BCUT2D eigenvalue weighted by Crippen LogP contribution is -2.54. The van der Waals surface area contributed by atoms with E-state index in [1.165, 1.54) is 30.4 Å². The number of amides is 1. The second-order valence-electron chi connectivity index (χ2n) is 6.71. The van der Waals surface area contributed by atoms with Crippen molar-refractivity contribution in [3.63, 3.8) is 0 Å². The standard InChI is InChI=1S/C19H16N2O12/c1-5-8-4-6(33-16-14(26)12(24)11(23)13(25)15(16)27)2-3-7(8)10(22)9(20-5)17(28)21-19(31,32)18(29)30/h2-4,22-27,31-32H,1H3,(H,21,28)(H,29,30). The number of benzene rings is 2. The van der Waals surface area contributed by atoms with Crippen molar-refractivity contribution in [3.8, 4) is 46.0 Å². The highest BCUT2D eigenvalue weighted by Crippen LogP contribution is 2.56. The molecule has 1 heterocycles. The molecule has 0 spiro atoms. The summed E-state index contributed by atoms with van der Waals surface area (Å²) in [7, 11) is 0. The molecule has 0 aliphatic rings. The molecule has 0 fully saturated rings. The number of aliphatic hydroxyl groups is 2. The molecule has 1 aromatic heterocycles. The number of hydrogen-bond acceptors (Lipinski definition) is 12. The fourth-order valence-corrected chi connectivity index (χ4v) is 2.81.